The number of rotatable bonds is 4. The highest BCUT2D eigenvalue weighted by molar-refractivity contribution is 6.54. The van der Waals surface area contributed by atoms with Crippen LogP contribution in [0.4, 0.5) is 13.2 Å². The molecule has 16 heavy (non-hydrogen) atoms. The fraction of sp³-hybridized carbons (Fsp3) is 0.273. The standard InChI is InChI=1S/C11H10ClF3Si/c12-7-3-4-8-16-10-6-2-1-5-9(10)11(13,14)15/h1-6H,7-8H2. The Morgan fingerprint density at radius 1 is 1.19 bits per heavy atom. The Morgan fingerprint density at radius 3 is 2.50 bits per heavy atom. The highest BCUT2D eigenvalue weighted by atomic mass is 35.5. The van der Waals surface area contributed by atoms with E-state index in [0.29, 0.717) is 17.1 Å². The lowest BCUT2D eigenvalue weighted by atomic mass is 10.2. The van der Waals surface area contributed by atoms with Gasteiger partial charge in [-0.15, -0.1) is 11.6 Å². The van der Waals surface area contributed by atoms with Crippen LogP contribution in [0, 0.1) is 0 Å². The Labute approximate surface area is 99.9 Å². The van der Waals surface area contributed by atoms with Crippen molar-refractivity contribution in [3.05, 3.63) is 42.0 Å². The smallest absolute Gasteiger partial charge is 0.166 e. The third-order valence-electron chi connectivity index (χ3n) is 1.90. The molecule has 0 fully saturated rings. The Balaban J connectivity index is 2.76. The van der Waals surface area contributed by atoms with E-state index in [1.165, 1.54) is 12.1 Å². The van der Waals surface area contributed by atoms with E-state index in [9.17, 15) is 13.2 Å². The molecule has 0 unspecified atom stereocenters. The first kappa shape index (κ1) is 13.3. The van der Waals surface area contributed by atoms with E-state index >= 15 is 0 Å². The summed E-state index contributed by atoms with van der Waals surface area (Å²) < 4.78 is 37.8. The molecule has 1 aromatic carbocycles. The first-order chi connectivity index (χ1) is 7.55. The van der Waals surface area contributed by atoms with Crippen LogP contribution in [0.5, 0.6) is 0 Å². The minimum atomic E-state index is -4.26. The van der Waals surface area contributed by atoms with Crippen LogP contribution in [0.15, 0.2) is 36.4 Å². The first-order valence-corrected chi connectivity index (χ1v) is 6.41. The van der Waals surface area contributed by atoms with Crippen molar-refractivity contribution in [2.45, 2.75) is 12.2 Å². The normalized spacial score (nSPS) is 12.2. The molecule has 0 saturated heterocycles. The van der Waals surface area contributed by atoms with Crippen molar-refractivity contribution in [2.24, 2.45) is 0 Å². The molecule has 0 aliphatic carbocycles. The van der Waals surface area contributed by atoms with Gasteiger partial charge in [0.2, 0.25) is 0 Å². The van der Waals surface area contributed by atoms with Crippen molar-refractivity contribution in [3.8, 4) is 0 Å². The Morgan fingerprint density at radius 2 is 1.88 bits per heavy atom. The molecule has 0 atom stereocenters. The second-order valence-electron chi connectivity index (χ2n) is 3.05. The maximum Gasteiger partial charge on any atom is 0.416 e. The van der Waals surface area contributed by atoms with Crippen molar-refractivity contribution in [2.75, 3.05) is 5.88 Å². The quantitative estimate of drug-likeness (QED) is 0.444. The molecule has 0 aliphatic heterocycles. The number of benzene rings is 1. The topological polar surface area (TPSA) is 0 Å². The van der Waals surface area contributed by atoms with Crippen molar-refractivity contribution in [3.63, 3.8) is 0 Å². The Hall–Kier alpha value is -0.743. The molecular formula is C11H10ClF3Si. The minimum absolute atomic E-state index is 0.121. The summed E-state index contributed by atoms with van der Waals surface area (Å²) in [6.45, 7) is 0. The van der Waals surface area contributed by atoms with E-state index in [1.807, 2.05) is 0 Å². The molecule has 0 aromatic heterocycles. The van der Waals surface area contributed by atoms with Crippen molar-refractivity contribution in [1.82, 2.24) is 0 Å². The lowest BCUT2D eigenvalue weighted by Gasteiger charge is -2.11. The summed E-state index contributed by atoms with van der Waals surface area (Å²) in [5.41, 5.74) is -0.535. The van der Waals surface area contributed by atoms with Crippen LogP contribution >= 0.6 is 11.6 Å². The van der Waals surface area contributed by atoms with Gasteiger partial charge in [0, 0.05) is 5.88 Å². The zero-order valence-electron chi connectivity index (χ0n) is 8.39. The Kier molecular flexibility index (Phi) is 5.08. The van der Waals surface area contributed by atoms with Crippen LogP contribution < -0.4 is 5.19 Å². The lowest BCUT2D eigenvalue weighted by molar-refractivity contribution is -0.136. The van der Waals surface area contributed by atoms with E-state index in [1.54, 1.807) is 18.2 Å². The molecule has 0 bridgehead atoms. The van der Waals surface area contributed by atoms with E-state index < -0.39 is 11.7 Å². The van der Waals surface area contributed by atoms with Gasteiger partial charge in [-0.05, 0) is 6.04 Å². The molecule has 0 saturated carbocycles. The highest BCUT2D eigenvalue weighted by Gasteiger charge is 2.32. The first-order valence-electron chi connectivity index (χ1n) is 4.66. The molecule has 0 nitrogen and oxygen atoms in total. The molecule has 2 radical (unpaired) electrons. The fourth-order valence-corrected chi connectivity index (χ4v) is 2.46. The molecule has 0 heterocycles. The van der Waals surface area contributed by atoms with Crippen molar-refractivity contribution < 1.29 is 13.2 Å². The van der Waals surface area contributed by atoms with Gasteiger partial charge in [-0.3, -0.25) is 0 Å². The van der Waals surface area contributed by atoms with Crippen LogP contribution in [0.1, 0.15) is 5.56 Å². The second-order valence-corrected chi connectivity index (χ2v) is 4.66. The number of hydrogen-bond acceptors (Lipinski definition) is 0. The van der Waals surface area contributed by atoms with Crippen LogP contribution in [0.3, 0.4) is 0 Å². The second kappa shape index (κ2) is 6.11. The highest BCUT2D eigenvalue weighted by Crippen LogP contribution is 2.27. The van der Waals surface area contributed by atoms with Gasteiger partial charge < -0.3 is 0 Å². The van der Waals surface area contributed by atoms with Gasteiger partial charge >= 0.3 is 6.18 Å². The monoisotopic (exact) mass is 262 g/mol. The van der Waals surface area contributed by atoms with Gasteiger partial charge in [-0.1, -0.05) is 41.6 Å². The zero-order valence-corrected chi connectivity index (χ0v) is 10.1. The van der Waals surface area contributed by atoms with Gasteiger partial charge in [0.1, 0.15) is 0 Å². The van der Waals surface area contributed by atoms with Crippen LogP contribution in [-0.2, 0) is 6.18 Å². The largest absolute Gasteiger partial charge is 0.416 e. The summed E-state index contributed by atoms with van der Waals surface area (Å²) >= 11 is 5.42. The molecule has 86 valence electrons. The predicted molar refractivity (Wildman–Crippen MR) is 61.5 cm³/mol. The maximum absolute atomic E-state index is 12.6. The van der Waals surface area contributed by atoms with E-state index in [4.69, 9.17) is 11.6 Å². The SMILES string of the molecule is FC(F)(F)c1ccccc1[Si]CC=CCCl. The summed E-state index contributed by atoms with van der Waals surface area (Å²) in [7, 11) is 0.121. The summed E-state index contributed by atoms with van der Waals surface area (Å²) in [6, 6.07) is 6.28. The molecule has 0 N–H and O–H groups in total. The lowest BCUT2D eigenvalue weighted by Crippen LogP contribution is -2.24. The third kappa shape index (κ3) is 4.02. The molecular weight excluding hydrogens is 253 g/mol. The molecule has 0 aliphatic rings. The maximum atomic E-state index is 12.6. The van der Waals surface area contributed by atoms with Crippen LogP contribution in [0.25, 0.3) is 0 Å². The third-order valence-corrected chi connectivity index (χ3v) is 3.33. The average Bonchev–Trinajstić information content (AvgIpc) is 2.24. The molecule has 1 rings (SSSR count). The molecule has 5 heteroatoms. The molecule has 0 spiro atoms. The van der Waals surface area contributed by atoms with Gasteiger partial charge in [-0.25, -0.2) is 0 Å². The molecule has 1 aromatic rings. The van der Waals surface area contributed by atoms with Crippen molar-refractivity contribution >= 4 is 26.3 Å². The van der Waals surface area contributed by atoms with Gasteiger partial charge in [-0.2, -0.15) is 13.2 Å². The fourth-order valence-electron chi connectivity index (χ4n) is 1.20. The summed E-state index contributed by atoms with van der Waals surface area (Å²) in [6.07, 6.45) is -0.719. The van der Waals surface area contributed by atoms with E-state index in [0.717, 1.165) is 6.07 Å². The van der Waals surface area contributed by atoms with E-state index in [-0.39, 0.29) is 9.52 Å². The summed E-state index contributed by atoms with van der Waals surface area (Å²) in [4.78, 5) is 0. The van der Waals surface area contributed by atoms with E-state index in [2.05, 4.69) is 0 Å². The Bertz CT molecular complexity index is 360. The number of hydrogen-bond donors (Lipinski definition) is 0. The van der Waals surface area contributed by atoms with Gasteiger partial charge in [0.05, 0.1) is 15.1 Å². The number of alkyl halides is 4. The van der Waals surface area contributed by atoms with Crippen molar-refractivity contribution in [1.29, 1.82) is 0 Å². The van der Waals surface area contributed by atoms with Crippen LogP contribution in [-0.4, -0.2) is 15.4 Å². The predicted octanol–water partition coefficient (Wildman–Crippen LogP) is 3.25. The number of allylic oxidation sites excluding steroid dienone is 2. The summed E-state index contributed by atoms with van der Waals surface area (Å²) in [5, 5.41) is 0.356. The zero-order chi connectivity index (χ0) is 12.0. The average molecular weight is 263 g/mol. The minimum Gasteiger partial charge on any atom is -0.166 e. The van der Waals surface area contributed by atoms with Crippen LogP contribution in [0.2, 0.25) is 6.04 Å². The summed E-state index contributed by atoms with van der Waals surface area (Å²) in [5.74, 6) is 0.394. The molecule has 0 amide bonds. The van der Waals surface area contributed by atoms with Gasteiger partial charge in [0.25, 0.3) is 0 Å². The number of halogens is 4. The van der Waals surface area contributed by atoms with Gasteiger partial charge in [0.15, 0.2) is 0 Å².